The molecule has 0 unspecified atom stereocenters. The van der Waals surface area contributed by atoms with Gasteiger partial charge in [-0.15, -0.1) is 11.3 Å². The highest BCUT2D eigenvalue weighted by molar-refractivity contribution is 7.17. The van der Waals surface area contributed by atoms with Crippen LogP contribution in [0.15, 0.2) is 23.3 Å². The number of rotatable bonds is 1. The molecule has 0 radical (unpaired) electrons. The van der Waals surface area contributed by atoms with Crippen LogP contribution in [-0.4, -0.2) is 22.5 Å². The molecule has 1 aliphatic rings. The van der Waals surface area contributed by atoms with Crippen molar-refractivity contribution in [3.05, 3.63) is 33.7 Å². The van der Waals surface area contributed by atoms with Crippen LogP contribution >= 0.6 is 11.3 Å². The highest BCUT2D eigenvalue weighted by Crippen LogP contribution is 2.29. The first kappa shape index (κ1) is 9.99. The summed E-state index contributed by atoms with van der Waals surface area (Å²) in [6.45, 7) is 2.14. The summed E-state index contributed by atoms with van der Waals surface area (Å²) >= 11 is 1.64. The second-order valence-electron chi connectivity index (χ2n) is 4.09. The van der Waals surface area contributed by atoms with E-state index in [4.69, 9.17) is 0 Å². The second-order valence-corrected chi connectivity index (χ2v) is 5.13. The van der Waals surface area contributed by atoms with E-state index in [1.54, 1.807) is 21.9 Å². The molecule has 4 nitrogen and oxygen atoms in total. The third-order valence-electron chi connectivity index (χ3n) is 3.05. The van der Waals surface area contributed by atoms with Crippen molar-refractivity contribution in [3.63, 3.8) is 0 Å². The lowest BCUT2D eigenvalue weighted by Gasteiger charge is -2.20. The minimum atomic E-state index is 0.0152. The molecule has 1 saturated heterocycles. The van der Waals surface area contributed by atoms with E-state index >= 15 is 0 Å². The van der Waals surface area contributed by atoms with Gasteiger partial charge in [-0.05, 0) is 31.8 Å². The number of nitrogens with zero attached hydrogens (tertiary/aromatic N) is 2. The van der Waals surface area contributed by atoms with Crippen LogP contribution in [0.3, 0.4) is 0 Å². The van der Waals surface area contributed by atoms with Gasteiger partial charge in [0.1, 0.15) is 0 Å². The van der Waals surface area contributed by atoms with Crippen LogP contribution < -0.4 is 10.9 Å². The van der Waals surface area contributed by atoms with Crippen molar-refractivity contribution in [2.45, 2.75) is 18.8 Å². The van der Waals surface area contributed by atoms with E-state index in [0.717, 1.165) is 30.9 Å². The Morgan fingerprint density at radius 3 is 3.00 bits per heavy atom. The van der Waals surface area contributed by atoms with E-state index in [1.807, 2.05) is 6.20 Å². The minimum Gasteiger partial charge on any atom is -0.317 e. The first-order valence-electron chi connectivity index (χ1n) is 5.52. The average molecular weight is 235 g/mol. The van der Waals surface area contributed by atoms with Crippen molar-refractivity contribution >= 4 is 16.3 Å². The number of thiazole rings is 1. The Balaban J connectivity index is 2.04. The fourth-order valence-electron chi connectivity index (χ4n) is 2.15. The minimum absolute atomic E-state index is 0.0152. The molecule has 16 heavy (non-hydrogen) atoms. The van der Waals surface area contributed by atoms with Crippen LogP contribution in [0.1, 0.15) is 23.6 Å². The topological polar surface area (TPSA) is 46.4 Å². The summed E-state index contributed by atoms with van der Waals surface area (Å²) in [5.41, 5.74) is 0.0152. The summed E-state index contributed by atoms with van der Waals surface area (Å²) in [6.07, 6.45) is 5.86. The quantitative estimate of drug-likeness (QED) is 0.808. The van der Waals surface area contributed by atoms with Crippen LogP contribution in [-0.2, 0) is 0 Å². The van der Waals surface area contributed by atoms with Crippen molar-refractivity contribution in [2.75, 3.05) is 13.1 Å². The first-order valence-corrected chi connectivity index (χ1v) is 6.34. The lowest BCUT2D eigenvalue weighted by Crippen LogP contribution is -2.26. The van der Waals surface area contributed by atoms with Crippen molar-refractivity contribution < 1.29 is 0 Å². The lowest BCUT2D eigenvalue weighted by molar-refractivity contribution is 0.464. The Labute approximate surface area is 97.0 Å². The van der Waals surface area contributed by atoms with Crippen LogP contribution in [0.4, 0.5) is 0 Å². The van der Waals surface area contributed by atoms with Gasteiger partial charge in [0.2, 0.25) is 0 Å². The van der Waals surface area contributed by atoms with Gasteiger partial charge in [0.25, 0.3) is 5.56 Å². The highest BCUT2D eigenvalue weighted by Gasteiger charge is 2.18. The van der Waals surface area contributed by atoms with Gasteiger partial charge in [-0.2, -0.15) is 0 Å². The number of hydrogen-bond donors (Lipinski definition) is 1. The molecule has 84 valence electrons. The normalized spacial score (nSPS) is 18.0. The molecule has 0 bridgehead atoms. The molecular formula is C11H13N3OS. The molecule has 1 aliphatic heterocycles. The zero-order chi connectivity index (χ0) is 11.0. The van der Waals surface area contributed by atoms with Gasteiger partial charge in [-0.3, -0.25) is 9.20 Å². The molecule has 0 aliphatic carbocycles. The van der Waals surface area contributed by atoms with Gasteiger partial charge < -0.3 is 5.32 Å². The van der Waals surface area contributed by atoms with Gasteiger partial charge >= 0.3 is 0 Å². The molecule has 5 heteroatoms. The maximum absolute atomic E-state index is 11.6. The molecule has 3 heterocycles. The third-order valence-corrected chi connectivity index (χ3v) is 4.21. The predicted molar refractivity (Wildman–Crippen MR) is 64.2 cm³/mol. The van der Waals surface area contributed by atoms with E-state index in [-0.39, 0.29) is 5.56 Å². The number of nitrogens with one attached hydrogen (secondary N) is 1. The van der Waals surface area contributed by atoms with E-state index in [0.29, 0.717) is 5.92 Å². The van der Waals surface area contributed by atoms with Crippen molar-refractivity contribution in [1.82, 2.24) is 14.7 Å². The summed E-state index contributed by atoms with van der Waals surface area (Å²) in [5.74, 6) is 0.590. The van der Waals surface area contributed by atoms with Gasteiger partial charge in [0.15, 0.2) is 4.96 Å². The van der Waals surface area contributed by atoms with Crippen LogP contribution in [0, 0.1) is 0 Å². The molecule has 0 aromatic carbocycles. The summed E-state index contributed by atoms with van der Waals surface area (Å²) in [4.78, 5) is 17.9. The van der Waals surface area contributed by atoms with E-state index in [2.05, 4.69) is 10.3 Å². The van der Waals surface area contributed by atoms with Gasteiger partial charge in [-0.1, -0.05) is 0 Å². The van der Waals surface area contributed by atoms with Crippen molar-refractivity contribution in [3.8, 4) is 0 Å². The van der Waals surface area contributed by atoms with Crippen molar-refractivity contribution in [1.29, 1.82) is 0 Å². The number of hydrogen-bond acceptors (Lipinski definition) is 4. The Kier molecular flexibility index (Phi) is 2.49. The SMILES string of the molecule is O=c1ccnc2sc(C3CCNCC3)cn12. The Morgan fingerprint density at radius 1 is 1.44 bits per heavy atom. The third kappa shape index (κ3) is 1.66. The van der Waals surface area contributed by atoms with E-state index in [1.165, 1.54) is 10.9 Å². The van der Waals surface area contributed by atoms with Gasteiger partial charge in [0, 0.05) is 23.3 Å². The fourth-order valence-corrected chi connectivity index (χ4v) is 3.28. The molecule has 0 spiro atoms. The molecule has 0 atom stereocenters. The predicted octanol–water partition coefficient (Wildman–Crippen LogP) is 1.22. The zero-order valence-electron chi connectivity index (χ0n) is 8.85. The molecule has 1 N–H and O–H groups in total. The number of aromatic nitrogens is 2. The number of piperidine rings is 1. The molecule has 2 aromatic heterocycles. The highest BCUT2D eigenvalue weighted by atomic mass is 32.1. The lowest BCUT2D eigenvalue weighted by atomic mass is 9.97. The van der Waals surface area contributed by atoms with Crippen LogP contribution in [0.25, 0.3) is 4.96 Å². The Bertz CT molecular complexity index is 554. The average Bonchev–Trinajstić information content (AvgIpc) is 2.76. The maximum atomic E-state index is 11.6. The molecule has 0 amide bonds. The summed E-state index contributed by atoms with van der Waals surface area (Å²) < 4.78 is 1.65. The standard InChI is InChI=1S/C11H13N3OS/c15-10-3-6-13-11-14(10)7-9(16-11)8-1-4-12-5-2-8/h3,6-8,12H,1-2,4-5H2. The maximum Gasteiger partial charge on any atom is 0.258 e. The summed E-state index contributed by atoms with van der Waals surface area (Å²) in [7, 11) is 0. The van der Waals surface area contributed by atoms with E-state index in [9.17, 15) is 4.79 Å². The largest absolute Gasteiger partial charge is 0.317 e. The molecule has 3 rings (SSSR count). The Hall–Kier alpha value is -1.20. The summed E-state index contributed by atoms with van der Waals surface area (Å²) in [5, 5.41) is 3.35. The molecule has 1 fully saturated rings. The second kappa shape index (κ2) is 3.99. The number of fused-ring (bicyclic) bond motifs is 1. The smallest absolute Gasteiger partial charge is 0.258 e. The summed E-state index contributed by atoms with van der Waals surface area (Å²) in [6, 6.07) is 1.51. The molecule has 0 saturated carbocycles. The van der Waals surface area contributed by atoms with Crippen LogP contribution in [0.5, 0.6) is 0 Å². The van der Waals surface area contributed by atoms with E-state index < -0.39 is 0 Å². The zero-order valence-corrected chi connectivity index (χ0v) is 9.67. The molecule has 2 aromatic rings. The molecular weight excluding hydrogens is 222 g/mol. The Morgan fingerprint density at radius 2 is 2.25 bits per heavy atom. The van der Waals surface area contributed by atoms with Crippen molar-refractivity contribution in [2.24, 2.45) is 0 Å². The van der Waals surface area contributed by atoms with Gasteiger partial charge in [0.05, 0.1) is 0 Å². The van der Waals surface area contributed by atoms with Gasteiger partial charge in [-0.25, -0.2) is 4.98 Å². The first-order chi connectivity index (χ1) is 7.84. The van der Waals surface area contributed by atoms with Crippen LogP contribution in [0.2, 0.25) is 0 Å². The fraction of sp³-hybridized carbons (Fsp3) is 0.455. The monoisotopic (exact) mass is 235 g/mol.